The van der Waals surface area contributed by atoms with Crippen molar-refractivity contribution in [3.8, 4) is 0 Å². The maximum absolute atomic E-state index is 5.64. The molecule has 0 radical (unpaired) electrons. The first-order chi connectivity index (χ1) is 7.30. The molecule has 1 rings (SSSR count). The molecule has 1 aliphatic heterocycles. The molecule has 1 aliphatic rings. The van der Waals surface area contributed by atoms with E-state index < -0.39 is 0 Å². The zero-order chi connectivity index (χ0) is 11.1. The maximum atomic E-state index is 5.64. The molecule has 4 heteroatoms. The van der Waals surface area contributed by atoms with E-state index in [1.54, 1.807) is 7.11 Å². The molecule has 0 aromatic heterocycles. The Labute approximate surface area is 92.9 Å². The quantitative estimate of drug-likeness (QED) is 0.694. The van der Waals surface area contributed by atoms with Crippen LogP contribution in [0.1, 0.15) is 13.3 Å². The summed E-state index contributed by atoms with van der Waals surface area (Å²) in [6.45, 7) is 6.95. The number of ether oxygens (including phenoxy) is 2. The van der Waals surface area contributed by atoms with Crippen molar-refractivity contribution in [1.82, 2.24) is 10.2 Å². The van der Waals surface area contributed by atoms with Crippen molar-refractivity contribution in [1.29, 1.82) is 0 Å². The second-order valence-electron chi connectivity index (χ2n) is 4.10. The molecule has 1 saturated heterocycles. The van der Waals surface area contributed by atoms with Crippen molar-refractivity contribution >= 4 is 0 Å². The molecular formula is C11H24N2O2. The van der Waals surface area contributed by atoms with Crippen LogP contribution < -0.4 is 5.32 Å². The van der Waals surface area contributed by atoms with Crippen molar-refractivity contribution in [2.75, 3.05) is 47.0 Å². The van der Waals surface area contributed by atoms with Crippen LogP contribution in [0.3, 0.4) is 0 Å². The molecule has 90 valence electrons. The van der Waals surface area contributed by atoms with Crippen molar-refractivity contribution in [2.24, 2.45) is 0 Å². The highest BCUT2D eigenvalue weighted by molar-refractivity contribution is 4.75. The number of methoxy groups -OCH3 is 1. The second kappa shape index (κ2) is 7.17. The molecule has 2 atom stereocenters. The van der Waals surface area contributed by atoms with Gasteiger partial charge >= 0.3 is 0 Å². The molecular weight excluding hydrogens is 192 g/mol. The van der Waals surface area contributed by atoms with E-state index in [1.807, 2.05) is 7.05 Å². The molecule has 1 fully saturated rings. The summed E-state index contributed by atoms with van der Waals surface area (Å²) in [6.07, 6.45) is 1.52. The van der Waals surface area contributed by atoms with Gasteiger partial charge in [0.2, 0.25) is 0 Å². The molecule has 0 aromatic rings. The Balaban J connectivity index is 2.29. The van der Waals surface area contributed by atoms with E-state index in [4.69, 9.17) is 9.47 Å². The van der Waals surface area contributed by atoms with E-state index in [0.717, 1.165) is 39.3 Å². The Bertz CT molecular complexity index is 167. The molecule has 2 unspecified atom stereocenters. The van der Waals surface area contributed by atoms with E-state index in [9.17, 15) is 0 Å². The van der Waals surface area contributed by atoms with E-state index in [0.29, 0.717) is 12.1 Å². The van der Waals surface area contributed by atoms with Gasteiger partial charge in [0, 0.05) is 32.8 Å². The fourth-order valence-corrected chi connectivity index (χ4v) is 1.93. The lowest BCUT2D eigenvalue weighted by atomic mass is 10.2. The highest BCUT2D eigenvalue weighted by atomic mass is 16.5. The minimum Gasteiger partial charge on any atom is -0.383 e. The Morgan fingerprint density at radius 2 is 2.40 bits per heavy atom. The average molecular weight is 216 g/mol. The van der Waals surface area contributed by atoms with Gasteiger partial charge in [0.15, 0.2) is 0 Å². The highest BCUT2D eigenvalue weighted by Crippen LogP contribution is 2.08. The SMILES string of the molecule is CCC1CN(CC(COC)NC)CCO1. The second-order valence-corrected chi connectivity index (χ2v) is 4.10. The van der Waals surface area contributed by atoms with Gasteiger partial charge in [-0.1, -0.05) is 6.92 Å². The van der Waals surface area contributed by atoms with Crippen LogP contribution in [-0.2, 0) is 9.47 Å². The number of hydrogen-bond acceptors (Lipinski definition) is 4. The molecule has 0 amide bonds. The normalized spacial score (nSPS) is 25.4. The number of likely N-dealkylation sites (N-methyl/N-ethyl adjacent to an activating group) is 1. The van der Waals surface area contributed by atoms with Gasteiger partial charge in [-0.15, -0.1) is 0 Å². The number of nitrogens with zero attached hydrogens (tertiary/aromatic N) is 1. The van der Waals surface area contributed by atoms with Gasteiger partial charge in [-0.25, -0.2) is 0 Å². The van der Waals surface area contributed by atoms with Crippen LogP contribution >= 0.6 is 0 Å². The highest BCUT2D eigenvalue weighted by Gasteiger charge is 2.20. The van der Waals surface area contributed by atoms with Crippen LogP contribution in [-0.4, -0.2) is 64.1 Å². The fourth-order valence-electron chi connectivity index (χ4n) is 1.93. The van der Waals surface area contributed by atoms with Crippen LogP contribution in [0.2, 0.25) is 0 Å². The predicted molar refractivity (Wildman–Crippen MR) is 61.2 cm³/mol. The maximum Gasteiger partial charge on any atom is 0.0700 e. The zero-order valence-electron chi connectivity index (χ0n) is 10.2. The van der Waals surface area contributed by atoms with Gasteiger partial charge in [-0.2, -0.15) is 0 Å². The van der Waals surface area contributed by atoms with Gasteiger partial charge < -0.3 is 14.8 Å². The molecule has 0 aromatic carbocycles. The Morgan fingerprint density at radius 3 is 3.00 bits per heavy atom. The molecule has 0 aliphatic carbocycles. The van der Waals surface area contributed by atoms with Crippen molar-refractivity contribution in [3.05, 3.63) is 0 Å². The molecule has 4 nitrogen and oxygen atoms in total. The lowest BCUT2D eigenvalue weighted by molar-refractivity contribution is -0.0342. The topological polar surface area (TPSA) is 33.7 Å². The summed E-state index contributed by atoms with van der Waals surface area (Å²) in [4.78, 5) is 2.46. The third-order valence-electron chi connectivity index (χ3n) is 2.93. The number of rotatable bonds is 6. The predicted octanol–water partition coefficient (Wildman–Crippen LogP) is 0.332. The molecule has 1 N–H and O–H groups in total. The number of nitrogens with one attached hydrogen (secondary N) is 1. The van der Waals surface area contributed by atoms with Crippen LogP contribution in [0, 0.1) is 0 Å². The zero-order valence-corrected chi connectivity index (χ0v) is 10.2. The van der Waals surface area contributed by atoms with Gasteiger partial charge in [-0.05, 0) is 13.5 Å². The lowest BCUT2D eigenvalue weighted by Crippen LogP contribution is -2.49. The van der Waals surface area contributed by atoms with Crippen LogP contribution in [0.5, 0.6) is 0 Å². The third-order valence-corrected chi connectivity index (χ3v) is 2.93. The summed E-state index contributed by atoms with van der Waals surface area (Å²) in [5.74, 6) is 0. The van der Waals surface area contributed by atoms with Crippen molar-refractivity contribution < 1.29 is 9.47 Å². The monoisotopic (exact) mass is 216 g/mol. The largest absolute Gasteiger partial charge is 0.383 e. The number of morpholine rings is 1. The molecule has 0 bridgehead atoms. The molecule has 0 saturated carbocycles. The fraction of sp³-hybridized carbons (Fsp3) is 1.00. The van der Waals surface area contributed by atoms with Crippen LogP contribution in [0.25, 0.3) is 0 Å². The Kier molecular flexibility index (Phi) is 6.17. The van der Waals surface area contributed by atoms with Gasteiger partial charge in [0.25, 0.3) is 0 Å². The van der Waals surface area contributed by atoms with E-state index >= 15 is 0 Å². The van der Waals surface area contributed by atoms with Gasteiger partial charge in [0.05, 0.1) is 19.3 Å². The molecule has 1 heterocycles. The van der Waals surface area contributed by atoms with E-state index in [2.05, 4.69) is 17.1 Å². The molecule has 0 spiro atoms. The summed E-state index contributed by atoms with van der Waals surface area (Å²) < 4.78 is 10.8. The van der Waals surface area contributed by atoms with Crippen molar-refractivity contribution in [3.63, 3.8) is 0 Å². The molecule has 15 heavy (non-hydrogen) atoms. The minimum atomic E-state index is 0.416. The number of hydrogen-bond donors (Lipinski definition) is 1. The average Bonchev–Trinajstić information content (AvgIpc) is 2.29. The van der Waals surface area contributed by atoms with Gasteiger partial charge in [0.1, 0.15) is 0 Å². The van der Waals surface area contributed by atoms with E-state index in [-0.39, 0.29) is 0 Å². The first kappa shape index (κ1) is 12.9. The van der Waals surface area contributed by atoms with Crippen LogP contribution in [0.4, 0.5) is 0 Å². The minimum absolute atomic E-state index is 0.416. The summed E-state index contributed by atoms with van der Waals surface area (Å²) in [5, 5.41) is 3.28. The Hall–Kier alpha value is -0.160. The third kappa shape index (κ3) is 4.47. The summed E-state index contributed by atoms with van der Waals surface area (Å²) in [6, 6.07) is 0.422. The summed E-state index contributed by atoms with van der Waals surface area (Å²) in [5.41, 5.74) is 0. The van der Waals surface area contributed by atoms with Crippen LogP contribution in [0.15, 0.2) is 0 Å². The summed E-state index contributed by atoms with van der Waals surface area (Å²) >= 11 is 0. The first-order valence-electron chi connectivity index (χ1n) is 5.80. The Morgan fingerprint density at radius 1 is 1.60 bits per heavy atom. The standard InChI is InChI=1S/C11H24N2O2/c1-4-11-8-13(5-6-15-11)7-10(12-2)9-14-3/h10-12H,4-9H2,1-3H3. The first-order valence-corrected chi connectivity index (χ1v) is 5.80. The van der Waals surface area contributed by atoms with E-state index in [1.165, 1.54) is 0 Å². The lowest BCUT2D eigenvalue weighted by Gasteiger charge is -2.34. The van der Waals surface area contributed by atoms with Crippen molar-refractivity contribution in [2.45, 2.75) is 25.5 Å². The smallest absolute Gasteiger partial charge is 0.0700 e. The van der Waals surface area contributed by atoms with Gasteiger partial charge in [-0.3, -0.25) is 4.90 Å². The summed E-state index contributed by atoms with van der Waals surface area (Å²) in [7, 11) is 3.74.